The Hall–Kier alpha value is -2.90. The molecule has 1 heterocycles. The smallest absolute Gasteiger partial charge is 0.263 e. The number of pyridine rings is 1. The molecule has 150 valence electrons. The summed E-state index contributed by atoms with van der Waals surface area (Å²) in [7, 11) is -3.98. The molecule has 1 aromatic heterocycles. The topological polar surface area (TPSA) is 88.2 Å². The molecular formula is C21H20ClN3O3S. The molecule has 8 heteroatoms. The molecule has 29 heavy (non-hydrogen) atoms. The Kier molecular flexibility index (Phi) is 6.20. The molecule has 0 saturated carbocycles. The molecule has 1 amide bonds. The first-order valence-corrected chi connectivity index (χ1v) is 10.7. The second kappa shape index (κ2) is 8.63. The zero-order valence-corrected chi connectivity index (χ0v) is 17.5. The number of hydrogen-bond donors (Lipinski definition) is 2. The summed E-state index contributed by atoms with van der Waals surface area (Å²) in [6.45, 7) is 3.98. The summed E-state index contributed by atoms with van der Waals surface area (Å²) >= 11 is 6.14. The van der Waals surface area contributed by atoms with E-state index in [-0.39, 0.29) is 15.5 Å². The average molecular weight is 430 g/mol. The number of amides is 1. The molecule has 0 atom stereocenters. The molecule has 0 aliphatic heterocycles. The van der Waals surface area contributed by atoms with Crippen LogP contribution in [0.4, 0.5) is 5.69 Å². The SMILES string of the molecule is Cc1ccc(C)c(NS(=O)(=O)c2cc(C(=O)NCc3ccncc3)ccc2Cl)c1. The van der Waals surface area contributed by atoms with Crippen LogP contribution in [-0.2, 0) is 16.6 Å². The van der Waals surface area contributed by atoms with Crippen molar-refractivity contribution in [2.75, 3.05) is 4.72 Å². The summed E-state index contributed by atoms with van der Waals surface area (Å²) in [6.07, 6.45) is 3.26. The fourth-order valence-corrected chi connectivity index (χ4v) is 4.33. The van der Waals surface area contributed by atoms with Crippen molar-refractivity contribution < 1.29 is 13.2 Å². The molecule has 3 aromatic rings. The summed E-state index contributed by atoms with van der Waals surface area (Å²) in [6, 6.07) is 13.2. The third-order valence-electron chi connectivity index (χ3n) is 4.32. The van der Waals surface area contributed by atoms with Crippen LogP contribution < -0.4 is 10.0 Å². The molecule has 2 aromatic carbocycles. The van der Waals surface area contributed by atoms with Gasteiger partial charge in [0, 0.05) is 24.5 Å². The monoisotopic (exact) mass is 429 g/mol. The summed E-state index contributed by atoms with van der Waals surface area (Å²) in [5, 5.41) is 2.79. The summed E-state index contributed by atoms with van der Waals surface area (Å²) in [5.74, 6) is -0.401. The van der Waals surface area contributed by atoms with Crippen LogP contribution in [0, 0.1) is 13.8 Å². The minimum absolute atomic E-state index is 0.0356. The van der Waals surface area contributed by atoms with E-state index >= 15 is 0 Å². The number of hydrogen-bond acceptors (Lipinski definition) is 4. The molecule has 0 fully saturated rings. The van der Waals surface area contributed by atoms with Gasteiger partial charge >= 0.3 is 0 Å². The van der Waals surface area contributed by atoms with E-state index in [0.717, 1.165) is 16.7 Å². The number of carbonyl (C=O) groups excluding carboxylic acids is 1. The molecule has 0 radical (unpaired) electrons. The predicted octanol–water partition coefficient (Wildman–Crippen LogP) is 4.08. The maximum atomic E-state index is 12.9. The summed E-state index contributed by atoms with van der Waals surface area (Å²) in [4.78, 5) is 16.2. The number of halogens is 1. The Morgan fingerprint density at radius 1 is 1.03 bits per heavy atom. The zero-order chi connectivity index (χ0) is 21.0. The highest BCUT2D eigenvalue weighted by atomic mass is 35.5. The molecule has 0 saturated heterocycles. The molecule has 0 aliphatic carbocycles. The van der Waals surface area contributed by atoms with Crippen LogP contribution in [0.2, 0.25) is 5.02 Å². The first kappa shape index (κ1) is 20.8. The third-order valence-corrected chi connectivity index (χ3v) is 6.17. The van der Waals surface area contributed by atoms with Crippen molar-refractivity contribution in [1.82, 2.24) is 10.3 Å². The van der Waals surface area contributed by atoms with Crippen molar-refractivity contribution in [3.05, 3.63) is 88.2 Å². The number of aryl methyl sites for hydroxylation is 2. The predicted molar refractivity (Wildman–Crippen MR) is 114 cm³/mol. The number of benzene rings is 2. The number of nitrogens with one attached hydrogen (secondary N) is 2. The Morgan fingerprint density at radius 3 is 2.48 bits per heavy atom. The lowest BCUT2D eigenvalue weighted by Gasteiger charge is -2.13. The molecule has 2 N–H and O–H groups in total. The molecular weight excluding hydrogens is 410 g/mol. The van der Waals surface area contributed by atoms with Crippen molar-refractivity contribution in [2.24, 2.45) is 0 Å². The van der Waals surface area contributed by atoms with E-state index < -0.39 is 15.9 Å². The number of aromatic nitrogens is 1. The number of sulfonamides is 1. The lowest BCUT2D eigenvalue weighted by molar-refractivity contribution is 0.0950. The Morgan fingerprint density at radius 2 is 1.76 bits per heavy atom. The molecule has 3 rings (SSSR count). The van der Waals surface area contributed by atoms with Crippen molar-refractivity contribution in [2.45, 2.75) is 25.3 Å². The van der Waals surface area contributed by atoms with E-state index in [9.17, 15) is 13.2 Å². The van der Waals surface area contributed by atoms with Gasteiger partial charge in [-0.1, -0.05) is 23.7 Å². The quantitative estimate of drug-likeness (QED) is 0.617. The Balaban J connectivity index is 1.84. The van der Waals surface area contributed by atoms with E-state index in [0.29, 0.717) is 12.2 Å². The van der Waals surface area contributed by atoms with Crippen LogP contribution in [0.15, 0.2) is 65.8 Å². The Labute approximate surface area is 175 Å². The highest BCUT2D eigenvalue weighted by Crippen LogP contribution is 2.27. The van der Waals surface area contributed by atoms with Crippen LogP contribution in [0.1, 0.15) is 27.0 Å². The fourth-order valence-electron chi connectivity index (χ4n) is 2.68. The highest BCUT2D eigenvalue weighted by Gasteiger charge is 2.21. The molecule has 0 aliphatic rings. The maximum absolute atomic E-state index is 12.9. The van der Waals surface area contributed by atoms with Gasteiger partial charge in [0.1, 0.15) is 4.90 Å². The van der Waals surface area contributed by atoms with Crippen LogP contribution >= 0.6 is 11.6 Å². The van der Waals surface area contributed by atoms with Gasteiger partial charge in [0.15, 0.2) is 0 Å². The van der Waals surface area contributed by atoms with Crippen LogP contribution in [0.5, 0.6) is 0 Å². The summed E-state index contributed by atoms with van der Waals surface area (Å²) in [5.41, 5.74) is 3.25. The zero-order valence-electron chi connectivity index (χ0n) is 15.9. The van der Waals surface area contributed by atoms with Crippen molar-refractivity contribution >= 4 is 33.2 Å². The number of rotatable bonds is 6. The minimum Gasteiger partial charge on any atom is -0.348 e. The number of anilines is 1. The van der Waals surface area contributed by atoms with Gasteiger partial charge in [0.05, 0.1) is 10.7 Å². The third kappa shape index (κ3) is 5.13. The van der Waals surface area contributed by atoms with Gasteiger partial charge in [-0.15, -0.1) is 0 Å². The van der Waals surface area contributed by atoms with Crippen molar-refractivity contribution in [1.29, 1.82) is 0 Å². The van der Waals surface area contributed by atoms with Crippen LogP contribution in [0.3, 0.4) is 0 Å². The number of nitrogens with zero attached hydrogens (tertiary/aromatic N) is 1. The second-order valence-electron chi connectivity index (χ2n) is 6.61. The average Bonchev–Trinajstić information content (AvgIpc) is 2.69. The molecule has 0 bridgehead atoms. The number of carbonyl (C=O) groups is 1. The fraction of sp³-hybridized carbons (Fsp3) is 0.143. The summed E-state index contributed by atoms with van der Waals surface area (Å²) < 4.78 is 28.4. The molecule has 0 spiro atoms. The van der Waals surface area contributed by atoms with Crippen LogP contribution in [-0.4, -0.2) is 19.3 Å². The van der Waals surface area contributed by atoms with Gasteiger partial charge in [-0.05, 0) is 66.9 Å². The van der Waals surface area contributed by atoms with E-state index in [2.05, 4.69) is 15.0 Å². The van der Waals surface area contributed by atoms with E-state index in [4.69, 9.17) is 11.6 Å². The van der Waals surface area contributed by atoms with Crippen molar-refractivity contribution in [3.63, 3.8) is 0 Å². The lowest BCUT2D eigenvalue weighted by atomic mass is 10.1. The molecule has 6 nitrogen and oxygen atoms in total. The van der Waals surface area contributed by atoms with E-state index in [1.165, 1.54) is 18.2 Å². The van der Waals surface area contributed by atoms with Gasteiger partial charge < -0.3 is 5.32 Å². The largest absolute Gasteiger partial charge is 0.348 e. The van der Waals surface area contributed by atoms with E-state index in [1.807, 2.05) is 26.0 Å². The van der Waals surface area contributed by atoms with E-state index in [1.54, 1.807) is 30.6 Å². The standard InChI is InChI=1S/C21H20ClN3O3S/c1-14-3-4-15(2)19(11-14)25-29(27,28)20-12-17(5-6-18(20)22)21(26)24-13-16-7-9-23-10-8-16/h3-12,25H,13H2,1-2H3,(H,24,26). The maximum Gasteiger partial charge on any atom is 0.263 e. The van der Waals surface area contributed by atoms with Gasteiger partial charge in [-0.25, -0.2) is 8.42 Å². The Bertz CT molecular complexity index is 1150. The van der Waals surface area contributed by atoms with Gasteiger partial charge in [-0.2, -0.15) is 0 Å². The molecule has 0 unspecified atom stereocenters. The minimum atomic E-state index is -3.98. The van der Waals surface area contributed by atoms with Gasteiger partial charge in [0.25, 0.3) is 15.9 Å². The van der Waals surface area contributed by atoms with Gasteiger partial charge in [0.2, 0.25) is 0 Å². The van der Waals surface area contributed by atoms with Crippen LogP contribution in [0.25, 0.3) is 0 Å². The van der Waals surface area contributed by atoms with Crippen molar-refractivity contribution in [3.8, 4) is 0 Å². The highest BCUT2D eigenvalue weighted by molar-refractivity contribution is 7.92. The lowest BCUT2D eigenvalue weighted by Crippen LogP contribution is -2.23. The normalized spacial score (nSPS) is 11.1. The first-order chi connectivity index (χ1) is 13.8. The first-order valence-electron chi connectivity index (χ1n) is 8.83. The van der Waals surface area contributed by atoms with Gasteiger partial charge in [-0.3, -0.25) is 14.5 Å². The second-order valence-corrected chi connectivity index (χ2v) is 8.67.